The summed E-state index contributed by atoms with van der Waals surface area (Å²) >= 11 is 3.59. The number of nitrogens with zero attached hydrogens (tertiary/aromatic N) is 5. The number of fused-ring (bicyclic) bond motifs is 1. The molecule has 2 N–H and O–H groups in total. The third-order valence-corrected chi connectivity index (χ3v) is 10.3. The number of aromatic amines is 1. The highest BCUT2D eigenvalue weighted by Crippen LogP contribution is 2.58. The summed E-state index contributed by atoms with van der Waals surface area (Å²) in [6.07, 6.45) is 5.70. The van der Waals surface area contributed by atoms with E-state index in [1.54, 1.807) is 11.8 Å². The number of hydrogen-bond donors (Lipinski definition) is 2. The minimum absolute atomic E-state index is 0.0364. The molecule has 3 unspecified atom stereocenters. The molecule has 194 valence electrons. The van der Waals surface area contributed by atoms with E-state index in [1.165, 1.54) is 30.6 Å². The Labute approximate surface area is 220 Å². The number of unbranched alkanes of at least 4 members (excludes halogenated alkanes) is 3. The van der Waals surface area contributed by atoms with Crippen molar-refractivity contribution in [3.63, 3.8) is 0 Å². The van der Waals surface area contributed by atoms with Crippen molar-refractivity contribution in [2.75, 3.05) is 12.3 Å². The zero-order valence-corrected chi connectivity index (χ0v) is 23.0. The van der Waals surface area contributed by atoms with Gasteiger partial charge in [-0.1, -0.05) is 50.5 Å². The van der Waals surface area contributed by atoms with E-state index in [0.29, 0.717) is 12.2 Å². The van der Waals surface area contributed by atoms with Gasteiger partial charge in [-0.05, 0) is 50.1 Å². The van der Waals surface area contributed by atoms with Crippen molar-refractivity contribution < 1.29 is 9.59 Å². The van der Waals surface area contributed by atoms with Crippen LogP contribution in [0.4, 0.5) is 0 Å². The van der Waals surface area contributed by atoms with Crippen LogP contribution in [0.2, 0.25) is 0 Å². The molecule has 2 aromatic rings. The number of tetrazole rings is 1. The number of β-lactam (4-membered cyclic amide) rings is 1. The van der Waals surface area contributed by atoms with Gasteiger partial charge in [-0.15, -0.1) is 33.7 Å². The average Bonchev–Trinajstić information content (AvgIpc) is 3.56. The zero-order chi connectivity index (χ0) is 25.5. The van der Waals surface area contributed by atoms with Gasteiger partial charge in [0.05, 0.1) is 6.54 Å². The lowest BCUT2D eigenvalue weighted by molar-refractivity contribution is -0.167. The highest BCUT2D eigenvalue weighted by atomic mass is 32.2. The first-order valence-electron chi connectivity index (χ1n) is 12.9. The highest BCUT2D eigenvalue weighted by Gasteiger charge is 2.67. The van der Waals surface area contributed by atoms with E-state index in [-0.39, 0.29) is 34.5 Å². The third-order valence-electron chi connectivity index (χ3n) is 7.62. The summed E-state index contributed by atoms with van der Waals surface area (Å²) in [5.74, 6) is 1.54. The number of rotatable bonds is 10. The molecule has 2 amide bonds. The molecule has 0 spiro atoms. The standard InChI is InChI=1S/C25H35N7O2S2/c1-5-7-8-9-14-35-17-12-10-16(11-13-17)25(6-2)26-15-18(33)32(25)19-22(34)31-20(21-27-29-30-28-21)24(3,4)36-23(19)31/h10-13,19-20,23,26H,5-9,14-15H2,1-4H3,(H,27,28,29,30)/t19?,20?,23-,25?/m0/s1. The predicted octanol–water partition coefficient (Wildman–Crippen LogP) is 3.67. The second kappa shape index (κ2) is 9.98. The van der Waals surface area contributed by atoms with Crippen molar-refractivity contribution in [1.29, 1.82) is 0 Å². The van der Waals surface area contributed by atoms with Crippen LogP contribution in [0.1, 0.15) is 77.2 Å². The molecule has 3 aliphatic heterocycles. The van der Waals surface area contributed by atoms with Crippen LogP contribution in [-0.2, 0) is 15.3 Å². The third kappa shape index (κ3) is 4.12. The van der Waals surface area contributed by atoms with Crippen LogP contribution in [0, 0.1) is 0 Å². The summed E-state index contributed by atoms with van der Waals surface area (Å²) in [7, 11) is 0. The van der Waals surface area contributed by atoms with Crippen LogP contribution in [-0.4, -0.2) is 70.7 Å². The van der Waals surface area contributed by atoms with Gasteiger partial charge in [0.2, 0.25) is 11.8 Å². The van der Waals surface area contributed by atoms with Gasteiger partial charge in [0, 0.05) is 9.64 Å². The molecule has 9 nitrogen and oxygen atoms in total. The molecule has 36 heavy (non-hydrogen) atoms. The Kier molecular flexibility index (Phi) is 7.08. The molecule has 3 saturated heterocycles. The number of H-pyrrole nitrogens is 1. The minimum atomic E-state index is -0.706. The summed E-state index contributed by atoms with van der Waals surface area (Å²) in [5.41, 5.74) is 0.317. The largest absolute Gasteiger partial charge is 0.314 e. The lowest BCUT2D eigenvalue weighted by atomic mass is 9.90. The van der Waals surface area contributed by atoms with Crippen LogP contribution in [0.15, 0.2) is 29.2 Å². The minimum Gasteiger partial charge on any atom is -0.314 e. The lowest BCUT2D eigenvalue weighted by Gasteiger charge is -2.52. The van der Waals surface area contributed by atoms with Gasteiger partial charge in [-0.25, -0.2) is 0 Å². The molecule has 0 bridgehead atoms. The second-order valence-corrected chi connectivity index (χ2v) is 13.2. The Hall–Kier alpha value is -2.11. The van der Waals surface area contributed by atoms with Crippen LogP contribution < -0.4 is 5.32 Å². The van der Waals surface area contributed by atoms with E-state index in [4.69, 9.17) is 0 Å². The number of aromatic nitrogens is 4. The molecule has 1 aromatic carbocycles. The smallest absolute Gasteiger partial charge is 0.250 e. The number of nitrogens with one attached hydrogen (secondary N) is 2. The molecule has 0 radical (unpaired) electrons. The SMILES string of the molecule is CCCCCCSc1ccc(C2(CC)NCC(=O)N2C2C(=O)N3C(c4nn[nH]n4)C(C)(C)S[C@@H]23)cc1. The number of benzene rings is 1. The Morgan fingerprint density at radius 2 is 1.92 bits per heavy atom. The normalized spacial score (nSPS) is 29.1. The van der Waals surface area contributed by atoms with Crippen molar-refractivity contribution in [3.8, 4) is 0 Å². The van der Waals surface area contributed by atoms with Crippen molar-refractivity contribution >= 4 is 35.3 Å². The topological polar surface area (TPSA) is 107 Å². The number of amides is 2. The molecule has 3 aliphatic rings. The van der Waals surface area contributed by atoms with Gasteiger partial charge >= 0.3 is 0 Å². The van der Waals surface area contributed by atoms with Crippen molar-refractivity contribution in [2.45, 2.75) is 92.6 Å². The molecule has 0 aliphatic carbocycles. The Balaban J connectivity index is 1.37. The fourth-order valence-electron chi connectivity index (χ4n) is 5.82. The fraction of sp³-hybridized carbons (Fsp3) is 0.640. The molecule has 4 atom stereocenters. The maximum Gasteiger partial charge on any atom is 0.250 e. The average molecular weight is 530 g/mol. The van der Waals surface area contributed by atoms with Crippen LogP contribution in [0.3, 0.4) is 0 Å². The first-order valence-corrected chi connectivity index (χ1v) is 14.7. The summed E-state index contributed by atoms with van der Waals surface area (Å²) in [6, 6.07) is 7.71. The quantitative estimate of drug-likeness (QED) is 0.273. The van der Waals surface area contributed by atoms with E-state index in [2.05, 4.69) is 77.9 Å². The van der Waals surface area contributed by atoms with Gasteiger partial charge < -0.3 is 9.80 Å². The summed E-state index contributed by atoms with van der Waals surface area (Å²) < 4.78 is -0.306. The van der Waals surface area contributed by atoms with Gasteiger partial charge in [-0.3, -0.25) is 14.9 Å². The molecule has 5 rings (SSSR count). The van der Waals surface area contributed by atoms with Crippen molar-refractivity contribution in [3.05, 3.63) is 35.7 Å². The molecule has 4 heterocycles. The first-order chi connectivity index (χ1) is 17.3. The maximum atomic E-state index is 13.7. The van der Waals surface area contributed by atoms with Gasteiger partial charge in [-0.2, -0.15) is 5.21 Å². The van der Waals surface area contributed by atoms with Crippen LogP contribution >= 0.6 is 23.5 Å². The molecular weight excluding hydrogens is 494 g/mol. The van der Waals surface area contributed by atoms with Crippen LogP contribution in [0.5, 0.6) is 0 Å². The molecular formula is C25H35N7O2S2. The van der Waals surface area contributed by atoms with E-state index >= 15 is 0 Å². The highest BCUT2D eigenvalue weighted by molar-refractivity contribution is 8.01. The van der Waals surface area contributed by atoms with E-state index in [9.17, 15) is 9.59 Å². The Bertz CT molecular complexity index is 1090. The van der Waals surface area contributed by atoms with Crippen molar-refractivity contribution in [2.24, 2.45) is 0 Å². The van der Waals surface area contributed by atoms with Crippen molar-refractivity contribution in [1.82, 2.24) is 35.7 Å². The van der Waals surface area contributed by atoms with E-state index in [0.717, 1.165) is 11.3 Å². The van der Waals surface area contributed by atoms with Gasteiger partial charge in [0.15, 0.2) is 5.82 Å². The summed E-state index contributed by atoms with van der Waals surface area (Å²) in [4.78, 5) is 31.8. The van der Waals surface area contributed by atoms with Gasteiger partial charge in [0.1, 0.15) is 23.1 Å². The van der Waals surface area contributed by atoms with E-state index in [1.807, 2.05) is 21.6 Å². The zero-order valence-electron chi connectivity index (χ0n) is 21.4. The summed E-state index contributed by atoms with van der Waals surface area (Å²) in [5, 5.41) is 17.9. The molecule has 3 fully saturated rings. The number of thioether (sulfide) groups is 2. The molecule has 0 saturated carbocycles. The Morgan fingerprint density at radius 3 is 2.58 bits per heavy atom. The number of carbonyl (C=O) groups excluding carboxylic acids is 2. The number of hydrogen-bond acceptors (Lipinski definition) is 8. The van der Waals surface area contributed by atoms with Gasteiger partial charge in [0.25, 0.3) is 0 Å². The lowest BCUT2D eigenvalue weighted by Crippen LogP contribution is -2.71. The Morgan fingerprint density at radius 1 is 1.14 bits per heavy atom. The first kappa shape index (κ1) is 25.5. The van der Waals surface area contributed by atoms with Crippen LogP contribution in [0.25, 0.3) is 0 Å². The second-order valence-electron chi connectivity index (χ2n) is 10.2. The monoisotopic (exact) mass is 529 g/mol. The number of carbonyl (C=O) groups is 2. The van der Waals surface area contributed by atoms with E-state index < -0.39 is 11.7 Å². The summed E-state index contributed by atoms with van der Waals surface area (Å²) in [6.45, 7) is 8.71. The maximum absolute atomic E-state index is 13.7. The fourth-order valence-corrected chi connectivity index (χ4v) is 8.41. The molecule has 11 heteroatoms. The predicted molar refractivity (Wildman–Crippen MR) is 141 cm³/mol. The molecule has 1 aromatic heterocycles.